The minimum absolute atomic E-state index is 0.0376. The normalized spacial score (nSPS) is 15.2. The van der Waals surface area contributed by atoms with Crippen LogP contribution in [-0.4, -0.2) is 34.6 Å². The van der Waals surface area contributed by atoms with Gasteiger partial charge in [0, 0.05) is 36.7 Å². The third-order valence-corrected chi connectivity index (χ3v) is 3.74. The van der Waals surface area contributed by atoms with Crippen molar-refractivity contribution in [3.8, 4) is 0 Å². The van der Waals surface area contributed by atoms with Crippen LogP contribution in [0, 0.1) is 0 Å². The van der Waals surface area contributed by atoms with Gasteiger partial charge in [0.25, 0.3) is 0 Å². The van der Waals surface area contributed by atoms with Crippen LogP contribution in [0.25, 0.3) is 0 Å². The van der Waals surface area contributed by atoms with Crippen LogP contribution in [0.1, 0.15) is 59.9 Å². The Balaban J connectivity index is 2.93. The van der Waals surface area contributed by atoms with Crippen molar-refractivity contribution < 1.29 is 9.53 Å². The van der Waals surface area contributed by atoms with Gasteiger partial charge in [0.15, 0.2) is 0 Å². The topological polar surface area (TPSA) is 82.2 Å². The zero-order valence-corrected chi connectivity index (χ0v) is 15.8. The van der Waals surface area contributed by atoms with Gasteiger partial charge in [-0.05, 0) is 26.8 Å². The van der Waals surface area contributed by atoms with Crippen molar-refractivity contribution in [2.75, 3.05) is 13.1 Å². The fourth-order valence-corrected chi connectivity index (χ4v) is 2.25. The van der Waals surface area contributed by atoms with Gasteiger partial charge in [0.1, 0.15) is 5.60 Å². The van der Waals surface area contributed by atoms with Crippen molar-refractivity contribution in [1.29, 1.82) is 0 Å². The molecule has 1 heterocycles. The number of ether oxygens (including phenoxy) is 1. The highest BCUT2D eigenvalue weighted by atomic mass is 16.6. The summed E-state index contributed by atoms with van der Waals surface area (Å²) in [6, 6.07) is 2.07. The van der Waals surface area contributed by atoms with Crippen LogP contribution in [0.15, 0.2) is 6.07 Å². The Morgan fingerprint density at radius 2 is 1.83 bits per heavy atom. The fraction of sp³-hybridized carbons (Fsp3) is 0.765. The lowest BCUT2D eigenvalue weighted by atomic mass is 9.84. The van der Waals surface area contributed by atoms with Crippen LogP contribution in [0.2, 0.25) is 0 Å². The predicted molar refractivity (Wildman–Crippen MR) is 92.6 cm³/mol. The van der Waals surface area contributed by atoms with Gasteiger partial charge in [-0.15, -0.1) is 0 Å². The first kappa shape index (κ1) is 19.5. The molecule has 6 nitrogen and oxygen atoms in total. The number of amides is 1. The van der Waals surface area contributed by atoms with E-state index in [-0.39, 0.29) is 5.41 Å². The quantitative estimate of drug-likeness (QED) is 0.891. The molecule has 6 heteroatoms. The lowest BCUT2D eigenvalue weighted by molar-refractivity contribution is 0.0515. The fourth-order valence-electron chi connectivity index (χ4n) is 2.25. The summed E-state index contributed by atoms with van der Waals surface area (Å²) in [5, 5.41) is 7.42. The van der Waals surface area contributed by atoms with Gasteiger partial charge in [-0.1, -0.05) is 27.7 Å². The van der Waals surface area contributed by atoms with E-state index in [9.17, 15) is 4.79 Å². The highest BCUT2D eigenvalue weighted by Crippen LogP contribution is 2.28. The molecule has 0 fully saturated rings. The van der Waals surface area contributed by atoms with Gasteiger partial charge in [0.2, 0.25) is 0 Å². The molecule has 1 unspecified atom stereocenters. The van der Waals surface area contributed by atoms with Crippen LogP contribution < -0.4 is 11.1 Å². The summed E-state index contributed by atoms with van der Waals surface area (Å²) in [4.78, 5) is 11.9. The monoisotopic (exact) mass is 324 g/mol. The van der Waals surface area contributed by atoms with Gasteiger partial charge in [-0.2, -0.15) is 5.10 Å². The van der Waals surface area contributed by atoms with Crippen molar-refractivity contribution in [2.45, 2.75) is 64.9 Å². The molecule has 0 bridgehead atoms. The Hall–Kier alpha value is -1.56. The van der Waals surface area contributed by atoms with E-state index in [4.69, 9.17) is 10.5 Å². The number of carbonyl (C=O) groups is 1. The molecule has 0 saturated carbocycles. The summed E-state index contributed by atoms with van der Waals surface area (Å²) in [6.45, 7) is 14.7. The van der Waals surface area contributed by atoms with Gasteiger partial charge < -0.3 is 15.8 Å². The molecule has 1 aromatic heterocycles. The predicted octanol–water partition coefficient (Wildman–Crippen LogP) is 2.46. The van der Waals surface area contributed by atoms with Gasteiger partial charge in [0.05, 0.1) is 5.69 Å². The zero-order chi connectivity index (χ0) is 18.1. The molecule has 0 saturated heterocycles. The summed E-state index contributed by atoms with van der Waals surface area (Å²) in [7, 11) is 1.91. The smallest absolute Gasteiger partial charge is 0.407 e. The number of hydrogen-bond acceptors (Lipinski definition) is 4. The maximum absolute atomic E-state index is 11.9. The first-order valence-corrected chi connectivity index (χ1v) is 8.00. The molecule has 23 heavy (non-hydrogen) atoms. The molecule has 132 valence electrons. The third-order valence-electron chi connectivity index (χ3n) is 3.74. The maximum atomic E-state index is 11.9. The molecular formula is C17H32N4O2. The number of nitrogens with zero attached hydrogens (tertiary/aromatic N) is 2. The van der Waals surface area contributed by atoms with Crippen molar-refractivity contribution in [3.05, 3.63) is 17.5 Å². The molecule has 0 aromatic carbocycles. The highest BCUT2D eigenvalue weighted by molar-refractivity contribution is 5.67. The Labute approximate surface area is 139 Å². The van der Waals surface area contributed by atoms with Crippen LogP contribution in [0.4, 0.5) is 4.79 Å². The highest BCUT2D eigenvalue weighted by Gasteiger charge is 2.32. The Morgan fingerprint density at radius 3 is 2.22 bits per heavy atom. The SMILES string of the molecule is Cn1nc(C(C)(C)C)cc1C(C)(CN)CNC(=O)OC(C)(C)C. The number of hydrogen-bond donors (Lipinski definition) is 2. The first-order valence-electron chi connectivity index (χ1n) is 8.00. The van der Waals surface area contributed by atoms with E-state index in [0.29, 0.717) is 13.1 Å². The molecule has 1 atom stereocenters. The minimum Gasteiger partial charge on any atom is -0.444 e. The average molecular weight is 324 g/mol. The molecule has 0 spiro atoms. The molecule has 0 radical (unpaired) electrons. The summed E-state index contributed by atoms with van der Waals surface area (Å²) in [6.07, 6.45) is -0.435. The molecule has 1 rings (SSSR count). The van der Waals surface area contributed by atoms with Crippen molar-refractivity contribution in [3.63, 3.8) is 0 Å². The Bertz CT molecular complexity index is 552. The molecule has 0 aliphatic carbocycles. The lowest BCUT2D eigenvalue weighted by Gasteiger charge is -2.29. The number of aryl methyl sites for hydroxylation is 1. The van der Waals surface area contributed by atoms with Gasteiger partial charge in [-0.3, -0.25) is 4.68 Å². The molecule has 1 amide bonds. The van der Waals surface area contributed by atoms with E-state index >= 15 is 0 Å². The van der Waals surface area contributed by atoms with Crippen molar-refractivity contribution in [1.82, 2.24) is 15.1 Å². The summed E-state index contributed by atoms with van der Waals surface area (Å²) in [5.74, 6) is 0. The van der Waals surface area contributed by atoms with Crippen LogP contribution in [0.3, 0.4) is 0 Å². The number of carbonyl (C=O) groups excluding carboxylic acids is 1. The summed E-state index contributed by atoms with van der Waals surface area (Å²) >= 11 is 0. The van der Waals surface area contributed by atoms with E-state index in [1.165, 1.54) is 0 Å². The second-order valence-corrected chi connectivity index (χ2v) is 8.41. The van der Waals surface area contributed by atoms with Crippen LogP contribution >= 0.6 is 0 Å². The first-order chi connectivity index (χ1) is 10.3. The molecule has 0 aliphatic heterocycles. The van der Waals surface area contributed by atoms with E-state index in [1.807, 2.05) is 39.4 Å². The van der Waals surface area contributed by atoms with Gasteiger partial charge in [-0.25, -0.2) is 4.79 Å². The number of nitrogens with two attached hydrogens (primary N) is 1. The Kier molecular flexibility index (Phi) is 5.52. The second-order valence-electron chi connectivity index (χ2n) is 8.41. The second kappa shape index (κ2) is 6.51. The standard InChI is InChI=1S/C17H32N4O2/c1-15(2,3)12-9-13(21(8)20-12)17(7,10-18)11-19-14(22)23-16(4,5)6/h9H,10-11,18H2,1-8H3,(H,19,22). The molecule has 3 N–H and O–H groups in total. The Morgan fingerprint density at radius 1 is 1.26 bits per heavy atom. The van der Waals surface area contributed by atoms with Gasteiger partial charge >= 0.3 is 6.09 Å². The summed E-state index contributed by atoms with van der Waals surface area (Å²) < 4.78 is 7.14. The number of aromatic nitrogens is 2. The van der Waals surface area contributed by atoms with Crippen molar-refractivity contribution in [2.24, 2.45) is 12.8 Å². The zero-order valence-electron chi connectivity index (χ0n) is 15.8. The van der Waals surface area contributed by atoms with Crippen LogP contribution in [0.5, 0.6) is 0 Å². The van der Waals surface area contributed by atoms with Crippen molar-refractivity contribution >= 4 is 6.09 Å². The minimum atomic E-state index is -0.519. The van der Waals surface area contributed by atoms with Crippen LogP contribution in [-0.2, 0) is 22.6 Å². The average Bonchev–Trinajstić information content (AvgIpc) is 2.77. The molecule has 1 aromatic rings. The lowest BCUT2D eigenvalue weighted by Crippen LogP contribution is -2.46. The third kappa shape index (κ3) is 5.23. The van der Waals surface area contributed by atoms with E-state index in [1.54, 1.807) is 0 Å². The largest absolute Gasteiger partial charge is 0.444 e. The van der Waals surface area contributed by atoms with E-state index in [0.717, 1.165) is 11.4 Å². The number of rotatable bonds is 4. The maximum Gasteiger partial charge on any atom is 0.407 e. The van der Waals surface area contributed by atoms with E-state index < -0.39 is 17.1 Å². The van der Waals surface area contributed by atoms with E-state index in [2.05, 4.69) is 37.3 Å². The molecule has 0 aliphatic rings. The number of nitrogens with one attached hydrogen (secondary N) is 1. The summed E-state index contributed by atoms with van der Waals surface area (Å²) in [5.41, 5.74) is 7.04. The number of alkyl carbamates (subject to hydrolysis) is 1. The molecular weight excluding hydrogens is 292 g/mol.